The molecule has 4 atom stereocenters. The Balaban J connectivity index is 1.33. The van der Waals surface area contributed by atoms with E-state index in [0.29, 0.717) is 5.92 Å². The van der Waals surface area contributed by atoms with E-state index in [0.717, 1.165) is 32.5 Å². The van der Waals surface area contributed by atoms with Gasteiger partial charge in [0.25, 0.3) is 0 Å². The number of carbonyl (C=O) groups excluding carboxylic acids is 1. The zero-order valence-corrected chi connectivity index (χ0v) is 22.2. The van der Waals surface area contributed by atoms with Gasteiger partial charge in [0, 0.05) is 25.3 Å². The molecule has 3 unspecified atom stereocenters. The summed E-state index contributed by atoms with van der Waals surface area (Å²) in [6.45, 7) is 13.9. The van der Waals surface area contributed by atoms with Gasteiger partial charge in [-0.05, 0) is 67.0 Å². The molecule has 3 heterocycles. The first-order valence-corrected chi connectivity index (χ1v) is 14.0. The van der Waals surface area contributed by atoms with Crippen LogP contribution in [0.5, 0.6) is 0 Å². The fourth-order valence-corrected chi connectivity index (χ4v) is 6.72. The van der Waals surface area contributed by atoms with Crippen LogP contribution >= 0.6 is 23.4 Å². The Labute approximate surface area is 209 Å². The van der Waals surface area contributed by atoms with E-state index < -0.39 is 0 Å². The average Bonchev–Trinajstić information content (AvgIpc) is 3.44. The highest BCUT2D eigenvalue weighted by atomic mass is 35.5. The lowest BCUT2D eigenvalue weighted by molar-refractivity contribution is -0.138. The van der Waals surface area contributed by atoms with Crippen LogP contribution in [0.25, 0.3) is 0 Å². The normalized spacial score (nSPS) is 30.8. The van der Waals surface area contributed by atoms with Crippen LogP contribution in [0.4, 0.5) is 0 Å². The third-order valence-corrected chi connectivity index (χ3v) is 8.81. The molecule has 0 aromatic rings. The van der Waals surface area contributed by atoms with E-state index in [4.69, 9.17) is 11.6 Å². The van der Waals surface area contributed by atoms with Crippen LogP contribution in [0.2, 0.25) is 0 Å². The SMILES string of the molecule is CC(C)[C@@H](NC1NC(CN2CCCC2)=CS1)C(=O)N1CCC(C2=CCC(Cl)C=C2)C(C)(C)C1. The Kier molecular flexibility index (Phi) is 8.20. The minimum Gasteiger partial charge on any atom is -0.363 e. The Bertz CT molecular complexity index is 802. The van der Waals surface area contributed by atoms with Crippen LogP contribution in [0.15, 0.2) is 34.9 Å². The summed E-state index contributed by atoms with van der Waals surface area (Å²) in [6, 6.07) is -0.187. The Morgan fingerprint density at radius 2 is 2.06 bits per heavy atom. The van der Waals surface area contributed by atoms with E-state index in [2.05, 4.69) is 71.8 Å². The quantitative estimate of drug-likeness (QED) is 0.511. The molecule has 184 valence electrons. The molecule has 0 aromatic heterocycles. The van der Waals surface area contributed by atoms with Crippen molar-refractivity contribution in [1.82, 2.24) is 20.4 Å². The number of allylic oxidation sites excluding steroid dienone is 4. The molecule has 5 nitrogen and oxygen atoms in total. The first-order chi connectivity index (χ1) is 15.7. The monoisotopic (exact) mass is 492 g/mol. The number of piperidine rings is 1. The lowest BCUT2D eigenvalue weighted by Crippen LogP contribution is -2.58. The molecule has 2 fully saturated rings. The van der Waals surface area contributed by atoms with E-state index in [1.54, 1.807) is 11.8 Å². The van der Waals surface area contributed by atoms with E-state index in [-0.39, 0.29) is 34.2 Å². The molecule has 0 saturated carbocycles. The van der Waals surface area contributed by atoms with Crippen LogP contribution in [0.1, 0.15) is 53.4 Å². The van der Waals surface area contributed by atoms with Crippen LogP contribution in [0, 0.1) is 17.3 Å². The van der Waals surface area contributed by atoms with Crippen molar-refractivity contribution in [2.24, 2.45) is 17.3 Å². The number of alkyl halides is 1. The molecule has 33 heavy (non-hydrogen) atoms. The van der Waals surface area contributed by atoms with Gasteiger partial charge in [-0.1, -0.05) is 57.7 Å². The number of nitrogens with one attached hydrogen (secondary N) is 2. The van der Waals surface area contributed by atoms with Gasteiger partial charge < -0.3 is 10.2 Å². The largest absolute Gasteiger partial charge is 0.363 e. The Morgan fingerprint density at radius 1 is 1.30 bits per heavy atom. The second-order valence-electron chi connectivity index (χ2n) is 11.1. The van der Waals surface area contributed by atoms with Gasteiger partial charge in [-0.2, -0.15) is 0 Å². The standard InChI is InChI=1S/C26H41ClN4OS/c1-18(2)23(29-25-28-21(16-33-25)15-30-12-5-6-13-30)24(32)31-14-11-22(26(3,4)17-31)19-7-9-20(27)10-8-19/h7-9,16,18,20,22-23,25,28-29H,5-6,10-15,17H2,1-4H3/t20?,22?,23-,25?/m1/s1. The number of likely N-dealkylation sites (tertiary alicyclic amines) is 2. The number of hydrogen-bond donors (Lipinski definition) is 2. The van der Waals surface area contributed by atoms with Gasteiger partial charge in [0.2, 0.25) is 5.91 Å². The molecule has 1 amide bonds. The predicted molar refractivity (Wildman–Crippen MR) is 140 cm³/mol. The van der Waals surface area contributed by atoms with Crippen molar-refractivity contribution >= 4 is 29.3 Å². The maximum absolute atomic E-state index is 13.7. The first kappa shape index (κ1) is 25.2. The van der Waals surface area contributed by atoms with E-state index >= 15 is 0 Å². The lowest BCUT2D eigenvalue weighted by Gasteiger charge is -2.46. The zero-order chi connectivity index (χ0) is 23.6. The molecule has 0 aromatic carbocycles. The molecule has 0 bridgehead atoms. The van der Waals surface area contributed by atoms with Gasteiger partial charge in [0.1, 0.15) is 5.50 Å². The van der Waals surface area contributed by atoms with Gasteiger partial charge >= 0.3 is 0 Å². The molecule has 0 radical (unpaired) electrons. The molecule has 3 aliphatic heterocycles. The summed E-state index contributed by atoms with van der Waals surface area (Å²) < 4.78 is 0. The minimum atomic E-state index is -0.187. The summed E-state index contributed by atoms with van der Waals surface area (Å²) >= 11 is 7.99. The fourth-order valence-electron chi connectivity index (χ4n) is 5.67. The summed E-state index contributed by atoms with van der Waals surface area (Å²) in [5, 5.41) is 9.57. The molecule has 7 heteroatoms. The maximum Gasteiger partial charge on any atom is 0.240 e. The van der Waals surface area contributed by atoms with Gasteiger partial charge in [-0.25, -0.2) is 0 Å². The minimum absolute atomic E-state index is 0.0373. The fraction of sp³-hybridized carbons (Fsp3) is 0.731. The molecule has 4 aliphatic rings. The second-order valence-corrected chi connectivity index (χ2v) is 12.6. The average molecular weight is 493 g/mol. The highest BCUT2D eigenvalue weighted by Crippen LogP contribution is 2.41. The van der Waals surface area contributed by atoms with E-state index in [9.17, 15) is 4.79 Å². The molecular weight excluding hydrogens is 452 g/mol. The van der Waals surface area contributed by atoms with Crippen molar-refractivity contribution in [2.45, 2.75) is 70.3 Å². The Morgan fingerprint density at radius 3 is 2.70 bits per heavy atom. The smallest absolute Gasteiger partial charge is 0.240 e. The molecule has 1 aliphatic carbocycles. The number of halogens is 1. The van der Waals surface area contributed by atoms with Gasteiger partial charge in [0.05, 0.1) is 11.4 Å². The lowest BCUT2D eigenvalue weighted by atomic mass is 9.69. The van der Waals surface area contributed by atoms with E-state index in [1.165, 1.54) is 37.2 Å². The van der Waals surface area contributed by atoms with Gasteiger partial charge in [-0.3, -0.25) is 15.0 Å². The number of rotatable bonds is 7. The van der Waals surface area contributed by atoms with E-state index in [1.807, 2.05) is 0 Å². The molecule has 0 spiro atoms. The topological polar surface area (TPSA) is 47.6 Å². The summed E-state index contributed by atoms with van der Waals surface area (Å²) in [5.74, 6) is 0.936. The summed E-state index contributed by atoms with van der Waals surface area (Å²) in [5.41, 5.74) is 2.76. The van der Waals surface area contributed by atoms with Crippen LogP contribution in [0.3, 0.4) is 0 Å². The summed E-state index contributed by atoms with van der Waals surface area (Å²) in [4.78, 5) is 18.3. The third-order valence-electron chi connectivity index (χ3n) is 7.54. The van der Waals surface area contributed by atoms with Crippen molar-refractivity contribution in [1.29, 1.82) is 0 Å². The zero-order valence-electron chi connectivity index (χ0n) is 20.6. The molecule has 4 rings (SSSR count). The van der Waals surface area contributed by atoms with Gasteiger partial charge in [0.15, 0.2) is 0 Å². The highest BCUT2D eigenvalue weighted by Gasteiger charge is 2.41. The third kappa shape index (κ3) is 6.19. The summed E-state index contributed by atoms with van der Waals surface area (Å²) in [7, 11) is 0. The van der Waals surface area contributed by atoms with Crippen molar-refractivity contribution in [3.05, 3.63) is 34.9 Å². The maximum atomic E-state index is 13.7. The number of amides is 1. The van der Waals surface area contributed by atoms with Crippen LogP contribution < -0.4 is 10.6 Å². The van der Waals surface area contributed by atoms with Crippen molar-refractivity contribution in [3.63, 3.8) is 0 Å². The number of carbonyl (C=O) groups is 1. The van der Waals surface area contributed by atoms with Crippen molar-refractivity contribution < 1.29 is 4.79 Å². The molecule has 2 N–H and O–H groups in total. The van der Waals surface area contributed by atoms with Crippen molar-refractivity contribution in [3.8, 4) is 0 Å². The second kappa shape index (κ2) is 10.8. The number of nitrogens with zero attached hydrogens (tertiary/aromatic N) is 2. The van der Waals surface area contributed by atoms with Crippen LogP contribution in [-0.4, -0.2) is 65.3 Å². The molecular formula is C26H41ClN4OS. The first-order valence-electron chi connectivity index (χ1n) is 12.6. The highest BCUT2D eigenvalue weighted by molar-refractivity contribution is 8.02. The van der Waals surface area contributed by atoms with Crippen LogP contribution in [-0.2, 0) is 4.79 Å². The van der Waals surface area contributed by atoms with Crippen molar-refractivity contribution in [2.75, 3.05) is 32.7 Å². The summed E-state index contributed by atoms with van der Waals surface area (Å²) in [6.07, 6.45) is 11.1. The Hall–Kier alpha value is -0.950. The van der Waals surface area contributed by atoms with Gasteiger partial charge in [-0.15, -0.1) is 11.6 Å². The predicted octanol–water partition coefficient (Wildman–Crippen LogP) is 4.53. The molecule has 2 saturated heterocycles. The number of hydrogen-bond acceptors (Lipinski definition) is 5. The number of thioether (sulfide) groups is 1.